The van der Waals surface area contributed by atoms with Gasteiger partial charge in [0.15, 0.2) is 0 Å². The molecule has 10 heteroatoms. The Labute approximate surface area is 195 Å². The van der Waals surface area contributed by atoms with Crippen molar-refractivity contribution in [3.8, 4) is 11.4 Å². The first-order chi connectivity index (χ1) is 16.4. The number of hydrogen-bond donors (Lipinski definition) is 1. The number of carbonyl (C=O) groups is 3. The molecule has 0 saturated carbocycles. The average Bonchev–Trinajstić information content (AvgIpc) is 3.51. The van der Waals surface area contributed by atoms with Gasteiger partial charge in [-0.15, -0.1) is 0 Å². The maximum Gasteiger partial charge on any atom is 0.290 e. The summed E-state index contributed by atoms with van der Waals surface area (Å²) >= 11 is 0. The molecule has 34 heavy (non-hydrogen) atoms. The van der Waals surface area contributed by atoms with Gasteiger partial charge in [-0.2, -0.15) is 5.10 Å². The number of anilines is 1. The number of nitrogens with one attached hydrogen (secondary N) is 1. The molecule has 2 aliphatic heterocycles. The molecule has 0 radical (unpaired) electrons. The normalized spacial score (nSPS) is 17.3. The minimum absolute atomic E-state index is 0.106. The molecule has 0 bridgehead atoms. The van der Waals surface area contributed by atoms with Crippen LogP contribution < -0.4 is 5.32 Å². The van der Waals surface area contributed by atoms with E-state index in [0.717, 1.165) is 6.20 Å². The molecular formula is C24H23FN6O3. The lowest BCUT2D eigenvalue weighted by Crippen LogP contribution is -2.52. The summed E-state index contributed by atoms with van der Waals surface area (Å²) in [6.07, 6.45) is 2.81. The van der Waals surface area contributed by atoms with Crippen molar-refractivity contribution in [2.75, 3.05) is 38.0 Å². The summed E-state index contributed by atoms with van der Waals surface area (Å²) in [7, 11) is 1.76. The average molecular weight is 462 g/mol. The van der Waals surface area contributed by atoms with E-state index < -0.39 is 23.4 Å². The van der Waals surface area contributed by atoms with Crippen LogP contribution in [0, 0.1) is 5.82 Å². The molecule has 3 aromatic rings. The zero-order valence-electron chi connectivity index (χ0n) is 18.6. The molecule has 1 aromatic carbocycles. The van der Waals surface area contributed by atoms with Crippen LogP contribution in [0.2, 0.25) is 0 Å². The topological polar surface area (TPSA) is 100 Å². The van der Waals surface area contributed by atoms with Crippen molar-refractivity contribution < 1.29 is 18.8 Å². The van der Waals surface area contributed by atoms with Crippen molar-refractivity contribution >= 4 is 23.3 Å². The van der Waals surface area contributed by atoms with E-state index >= 15 is 0 Å². The highest BCUT2D eigenvalue weighted by Crippen LogP contribution is 2.39. The van der Waals surface area contributed by atoms with Gasteiger partial charge in [-0.3, -0.25) is 19.1 Å². The number of benzene rings is 1. The Kier molecular flexibility index (Phi) is 5.56. The van der Waals surface area contributed by atoms with Crippen LogP contribution in [0.3, 0.4) is 0 Å². The molecule has 4 heterocycles. The largest absolute Gasteiger partial charge is 0.382 e. The molecular weight excluding hydrogens is 439 g/mol. The second-order valence-corrected chi connectivity index (χ2v) is 8.37. The van der Waals surface area contributed by atoms with E-state index in [-0.39, 0.29) is 31.1 Å². The highest BCUT2D eigenvalue weighted by atomic mass is 19.1. The number of fused-ring (bicyclic) bond motifs is 1. The fraction of sp³-hybridized carbons (Fsp3) is 0.292. The molecule has 2 amide bonds. The number of piperazine rings is 1. The maximum absolute atomic E-state index is 14.8. The van der Waals surface area contributed by atoms with Gasteiger partial charge in [0.2, 0.25) is 5.78 Å². The van der Waals surface area contributed by atoms with Crippen LogP contribution in [-0.2, 0) is 16.6 Å². The van der Waals surface area contributed by atoms with Gasteiger partial charge in [0.25, 0.3) is 11.8 Å². The summed E-state index contributed by atoms with van der Waals surface area (Å²) in [6.45, 7) is 1.25. The highest BCUT2D eigenvalue weighted by Gasteiger charge is 2.39. The first-order valence-corrected chi connectivity index (χ1v) is 11.0. The van der Waals surface area contributed by atoms with Crippen LogP contribution in [0.25, 0.3) is 11.4 Å². The van der Waals surface area contributed by atoms with Gasteiger partial charge in [-0.1, -0.05) is 18.2 Å². The summed E-state index contributed by atoms with van der Waals surface area (Å²) < 4.78 is 16.4. The lowest BCUT2D eigenvalue weighted by Gasteiger charge is -2.34. The lowest BCUT2D eigenvalue weighted by atomic mass is 9.95. The van der Waals surface area contributed by atoms with Gasteiger partial charge < -0.3 is 15.1 Å². The molecule has 0 aliphatic carbocycles. The Hall–Kier alpha value is -4.08. The van der Waals surface area contributed by atoms with Crippen molar-refractivity contribution in [1.29, 1.82) is 0 Å². The van der Waals surface area contributed by atoms with Gasteiger partial charge in [0.1, 0.15) is 17.2 Å². The monoisotopic (exact) mass is 462 g/mol. The molecule has 9 nitrogen and oxygen atoms in total. The van der Waals surface area contributed by atoms with E-state index in [9.17, 15) is 18.8 Å². The summed E-state index contributed by atoms with van der Waals surface area (Å²) in [4.78, 5) is 46.0. The molecule has 1 unspecified atom stereocenters. The van der Waals surface area contributed by atoms with Gasteiger partial charge in [0.05, 0.1) is 17.8 Å². The summed E-state index contributed by atoms with van der Waals surface area (Å²) in [5.41, 5.74) is 2.10. The van der Waals surface area contributed by atoms with Crippen molar-refractivity contribution in [2.24, 2.45) is 7.05 Å². The zero-order chi connectivity index (χ0) is 23.8. The fourth-order valence-electron chi connectivity index (χ4n) is 4.47. The number of rotatable bonds is 4. The zero-order valence-corrected chi connectivity index (χ0v) is 18.6. The van der Waals surface area contributed by atoms with Crippen LogP contribution >= 0.6 is 0 Å². The number of aromatic nitrogens is 3. The summed E-state index contributed by atoms with van der Waals surface area (Å²) in [6, 6.07) is 10.7. The van der Waals surface area contributed by atoms with Crippen LogP contribution in [0.1, 0.15) is 21.8 Å². The molecule has 1 saturated heterocycles. The fourth-order valence-corrected chi connectivity index (χ4v) is 4.47. The minimum Gasteiger partial charge on any atom is -0.382 e. The van der Waals surface area contributed by atoms with Gasteiger partial charge in [-0.05, 0) is 18.2 Å². The number of halogens is 1. The third-order valence-electron chi connectivity index (χ3n) is 6.26. The second-order valence-electron chi connectivity index (χ2n) is 8.37. The van der Waals surface area contributed by atoms with E-state index in [0.29, 0.717) is 35.7 Å². The van der Waals surface area contributed by atoms with Crippen LogP contribution in [-0.4, -0.2) is 74.9 Å². The van der Waals surface area contributed by atoms with E-state index in [1.807, 2.05) is 6.07 Å². The molecule has 0 spiro atoms. The molecule has 1 atom stereocenters. The molecule has 2 aliphatic rings. The van der Waals surface area contributed by atoms with E-state index in [2.05, 4.69) is 15.4 Å². The number of ketones is 1. The van der Waals surface area contributed by atoms with Crippen LogP contribution in [0.15, 0.2) is 48.8 Å². The first kappa shape index (κ1) is 21.7. The number of Topliss-reactive ketones (excluding diaryl/α,β-unsaturated/α-hetero) is 1. The Morgan fingerprint density at radius 1 is 1.03 bits per heavy atom. The van der Waals surface area contributed by atoms with Crippen LogP contribution in [0.4, 0.5) is 10.1 Å². The lowest BCUT2D eigenvalue weighted by molar-refractivity contribution is -0.146. The predicted octanol–water partition coefficient (Wildman–Crippen LogP) is 1.68. The molecule has 2 aromatic heterocycles. The van der Waals surface area contributed by atoms with Crippen molar-refractivity contribution in [2.45, 2.75) is 5.92 Å². The smallest absolute Gasteiger partial charge is 0.290 e. The summed E-state index contributed by atoms with van der Waals surface area (Å²) in [5.74, 6) is -3.03. The number of hydrogen-bond acceptors (Lipinski definition) is 6. The van der Waals surface area contributed by atoms with Gasteiger partial charge in [0, 0.05) is 57.1 Å². The van der Waals surface area contributed by atoms with E-state index in [1.54, 1.807) is 53.2 Å². The third kappa shape index (κ3) is 3.81. The Bertz CT molecular complexity index is 1270. The van der Waals surface area contributed by atoms with Crippen LogP contribution in [0.5, 0.6) is 0 Å². The SMILES string of the molecule is Cn1ccc(-c2ncc(F)c3c2NCC3C(=O)C(=O)N2CCN(C(=O)c3ccccc3)CC2)n1. The summed E-state index contributed by atoms with van der Waals surface area (Å²) in [5, 5.41) is 7.36. The third-order valence-corrected chi connectivity index (χ3v) is 6.26. The molecule has 1 fully saturated rings. The van der Waals surface area contributed by atoms with Crippen molar-refractivity contribution in [3.05, 3.63) is 65.7 Å². The standard InChI is InChI=1S/C24H23FN6O3/c1-29-8-7-18(28-29)20-21-19(17(25)14-27-20)16(13-26-21)22(32)24(34)31-11-9-30(10-12-31)23(33)15-5-3-2-4-6-15/h2-8,14,16,26H,9-13H2,1H3. The quantitative estimate of drug-likeness (QED) is 0.593. The van der Waals surface area contributed by atoms with Gasteiger partial charge >= 0.3 is 0 Å². The number of nitrogens with zero attached hydrogens (tertiary/aromatic N) is 5. The Balaban J connectivity index is 1.29. The number of pyridine rings is 1. The van der Waals surface area contributed by atoms with Crippen molar-refractivity contribution in [1.82, 2.24) is 24.6 Å². The number of amides is 2. The van der Waals surface area contributed by atoms with E-state index in [1.165, 1.54) is 4.90 Å². The maximum atomic E-state index is 14.8. The van der Waals surface area contributed by atoms with Crippen molar-refractivity contribution in [3.63, 3.8) is 0 Å². The number of carbonyl (C=O) groups excluding carboxylic acids is 3. The van der Waals surface area contributed by atoms with Gasteiger partial charge in [-0.25, -0.2) is 9.37 Å². The Morgan fingerprint density at radius 3 is 2.41 bits per heavy atom. The Morgan fingerprint density at radius 2 is 1.74 bits per heavy atom. The molecule has 1 N–H and O–H groups in total. The number of aryl methyl sites for hydroxylation is 1. The highest BCUT2D eigenvalue weighted by molar-refractivity contribution is 6.38. The second kappa shape index (κ2) is 8.69. The predicted molar refractivity (Wildman–Crippen MR) is 122 cm³/mol. The minimum atomic E-state index is -0.947. The molecule has 174 valence electrons. The van der Waals surface area contributed by atoms with E-state index in [4.69, 9.17) is 0 Å². The molecule has 5 rings (SSSR count). The first-order valence-electron chi connectivity index (χ1n) is 11.0.